The van der Waals surface area contributed by atoms with Crippen LogP contribution in [0.15, 0.2) is 24.3 Å². The average Bonchev–Trinajstić information content (AvgIpc) is 2.67. The van der Waals surface area contributed by atoms with Gasteiger partial charge in [0.1, 0.15) is 11.4 Å². The number of carbonyl (C=O) groups is 1. The molecule has 1 aromatic carbocycles. The Labute approximate surface area is 182 Å². The maximum absolute atomic E-state index is 12.5. The van der Waals surface area contributed by atoms with E-state index in [1.54, 1.807) is 0 Å². The van der Waals surface area contributed by atoms with Gasteiger partial charge in [-0.05, 0) is 57.9 Å². The second kappa shape index (κ2) is 11.6. The van der Waals surface area contributed by atoms with Crippen LogP contribution < -0.4 is 10.1 Å². The lowest BCUT2D eigenvalue weighted by Gasteiger charge is -2.35. The molecule has 0 saturated carbocycles. The first-order chi connectivity index (χ1) is 14.2. The Morgan fingerprint density at radius 2 is 1.77 bits per heavy atom. The van der Waals surface area contributed by atoms with E-state index in [-0.39, 0.29) is 12.1 Å². The Bertz CT molecular complexity index is 634. The number of rotatable bonds is 9. The second-order valence-electron chi connectivity index (χ2n) is 9.58. The van der Waals surface area contributed by atoms with E-state index in [9.17, 15) is 4.79 Å². The summed E-state index contributed by atoms with van der Waals surface area (Å²) in [6.45, 7) is 15.6. The van der Waals surface area contributed by atoms with Gasteiger partial charge in [-0.25, -0.2) is 4.79 Å². The minimum absolute atomic E-state index is 0.128. The second-order valence-corrected chi connectivity index (χ2v) is 9.58. The van der Waals surface area contributed by atoms with E-state index >= 15 is 0 Å². The molecule has 1 amide bonds. The summed E-state index contributed by atoms with van der Waals surface area (Å²) in [5, 5.41) is 3.08. The van der Waals surface area contributed by atoms with Gasteiger partial charge < -0.3 is 19.7 Å². The molecule has 1 saturated heterocycles. The summed E-state index contributed by atoms with van der Waals surface area (Å²) in [5.41, 5.74) is 0.545. The van der Waals surface area contributed by atoms with Gasteiger partial charge in [-0.2, -0.15) is 0 Å². The zero-order chi connectivity index (χ0) is 22.1. The van der Waals surface area contributed by atoms with Gasteiger partial charge >= 0.3 is 6.09 Å². The summed E-state index contributed by atoms with van der Waals surface area (Å²) in [5.74, 6) is 1.42. The van der Waals surface area contributed by atoms with E-state index in [1.165, 1.54) is 12.8 Å². The molecule has 6 nitrogen and oxygen atoms in total. The highest BCUT2D eigenvalue weighted by Gasteiger charge is 2.24. The Hall–Kier alpha value is -1.79. The minimum atomic E-state index is -0.519. The molecule has 2 rings (SSSR count). The third kappa shape index (κ3) is 8.92. The molecular formula is C24H41N3O3. The first-order valence-corrected chi connectivity index (χ1v) is 11.3. The Balaban J connectivity index is 2.03. The smallest absolute Gasteiger partial charge is 0.408 e. The summed E-state index contributed by atoms with van der Waals surface area (Å²) in [6.07, 6.45) is 1.97. The first-order valence-electron chi connectivity index (χ1n) is 11.3. The lowest BCUT2D eigenvalue weighted by atomic mass is 10.1. The molecule has 1 aliphatic heterocycles. The molecule has 0 radical (unpaired) electrons. The van der Waals surface area contributed by atoms with Crippen molar-refractivity contribution in [2.45, 2.75) is 59.1 Å². The molecule has 170 valence electrons. The predicted molar refractivity (Wildman–Crippen MR) is 122 cm³/mol. The number of ether oxygens (including phenoxy) is 2. The molecule has 2 atom stereocenters. The van der Waals surface area contributed by atoms with Crippen molar-refractivity contribution in [1.29, 1.82) is 0 Å². The molecule has 0 bridgehead atoms. The zero-order valence-corrected chi connectivity index (χ0v) is 19.7. The summed E-state index contributed by atoms with van der Waals surface area (Å²) in [4.78, 5) is 17.2. The van der Waals surface area contributed by atoms with Crippen molar-refractivity contribution in [1.82, 2.24) is 15.1 Å². The van der Waals surface area contributed by atoms with Crippen LogP contribution in [0.1, 0.15) is 59.1 Å². The van der Waals surface area contributed by atoms with Crippen LogP contribution in [-0.2, 0) is 4.74 Å². The van der Waals surface area contributed by atoms with Gasteiger partial charge in [0.05, 0.1) is 12.6 Å². The van der Waals surface area contributed by atoms with Gasteiger partial charge in [0.25, 0.3) is 0 Å². The molecule has 0 aromatic heterocycles. The molecule has 1 N–H and O–H groups in total. The Morgan fingerprint density at radius 3 is 2.33 bits per heavy atom. The van der Waals surface area contributed by atoms with E-state index in [2.05, 4.69) is 48.1 Å². The normalized spacial score (nSPS) is 17.9. The van der Waals surface area contributed by atoms with Crippen LogP contribution in [0.5, 0.6) is 5.75 Å². The molecule has 1 aromatic rings. The minimum Gasteiger partial charge on any atom is -0.493 e. The van der Waals surface area contributed by atoms with E-state index in [0.29, 0.717) is 5.92 Å². The number of piperazine rings is 1. The van der Waals surface area contributed by atoms with Gasteiger partial charge in [0.15, 0.2) is 0 Å². The molecule has 1 aliphatic rings. The van der Waals surface area contributed by atoms with Crippen LogP contribution in [0.25, 0.3) is 0 Å². The lowest BCUT2D eigenvalue weighted by molar-refractivity contribution is 0.0481. The zero-order valence-electron chi connectivity index (χ0n) is 19.7. The number of likely N-dealkylation sites (N-methyl/N-ethyl adjacent to an activating group) is 1. The highest BCUT2D eigenvalue weighted by Crippen LogP contribution is 2.21. The summed E-state index contributed by atoms with van der Waals surface area (Å²) in [7, 11) is 2.15. The van der Waals surface area contributed by atoms with Crippen LogP contribution in [0.3, 0.4) is 0 Å². The van der Waals surface area contributed by atoms with Crippen molar-refractivity contribution in [3.63, 3.8) is 0 Å². The van der Waals surface area contributed by atoms with Gasteiger partial charge in [0.2, 0.25) is 0 Å². The number of hydrogen-bond acceptors (Lipinski definition) is 5. The largest absolute Gasteiger partial charge is 0.493 e. The molecule has 2 unspecified atom stereocenters. The maximum Gasteiger partial charge on any atom is 0.408 e. The lowest BCUT2D eigenvalue weighted by Crippen LogP contribution is -2.48. The quantitative estimate of drug-likeness (QED) is 0.646. The highest BCUT2D eigenvalue weighted by atomic mass is 16.6. The summed E-state index contributed by atoms with van der Waals surface area (Å²) in [6, 6.07) is 7.98. The SMILES string of the molecule is CCCC(C)COc1ccc(C(CN2CCN(C)CC2)NC(=O)OC(C)(C)C)cc1. The number of benzene rings is 1. The fraction of sp³-hybridized carbons (Fsp3) is 0.708. The molecule has 0 spiro atoms. The van der Waals surface area contributed by atoms with Gasteiger partial charge in [-0.1, -0.05) is 32.4 Å². The molecule has 30 heavy (non-hydrogen) atoms. The van der Waals surface area contributed by atoms with Crippen molar-refractivity contribution >= 4 is 6.09 Å². The van der Waals surface area contributed by atoms with Crippen LogP contribution in [0.4, 0.5) is 4.79 Å². The molecule has 0 aliphatic carbocycles. The van der Waals surface area contributed by atoms with Crippen molar-refractivity contribution in [3.8, 4) is 5.75 Å². The number of carbonyl (C=O) groups excluding carboxylic acids is 1. The Morgan fingerprint density at radius 1 is 1.13 bits per heavy atom. The van der Waals surface area contributed by atoms with Crippen LogP contribution >= 0.6 is 0 Å². The number of hydrogen-bond donors (Lipinski definition) is 1. The standard InChI is InChI=1S/C24H41N3O3/c1-7-8-19(2)18-29-21-11-9-20(10-12-21)22(25-23(28)30-24(3,4)5)17-27-15-13-26(6)14-16-27/h9-12,19,22H,7-8,13-18H2,1-6H3,(H,25,28). The first kappa shape index (κ1) is 24.5. The van der Waals surface area contributed by atoms with E-state index in [0.717, 1.165) is 50.6 Å². The van der Waals surface area contributed by atoms with E-state index in [1.807, 2.05) is 32.9 Å². The summed E-state index contributed by atoms with van der Waals surface area (Å²) >= 11 is 0. The highest BCUT2D eigenvalue weighted by molar-refractivity contribution is 5.68. The molecule has 6 heteroatoms. The van der Waals surface area contributed by atoms with Gasteiger partial charge in [0, 0.05) is 32.7 Å². The number of nitrogens with zero attached hydrogens (tertiary/aromatic N) is 2. The Kier molecular flexibility index (Phi) is 9.43. The number of amides is 1. The fourth-order valence-electron chi connectivity index (χ4n) is 3.58. The van der Waals surface area contributed by atoms with Crippen LogP contribution in [0.2, 0.25) is 0 Å². The van der Waals surface area contributed by atoms with Crippen LogP contribution in [-0.4, -0.2) is 67.9 Å². The van der Waals surface area contributed by atoms with E-state index in [4.69, 9.17) is 9.47 Å². The molecule has 1 fully saturated rings. The van der Waals surface area contributed by atoms with Crippen molar-refractivity contribution in [2.75, 3.05) is 46.4 Å². The van der Waals surface area contributed by atoms with E-state index < -0.39 is 5.60 Å². The summed E-state index contributed by atoms with van der Waals surface area (Å²) < 4.78 is 11.4. The maximum atomic E-state index is 12.5. The van der Waals surface area contributed by atoms with Gasteiger partial charge in [-0.3, -0.25) is 4.90 Å². The monoisotopic (exact) mass is 419 g/mol. The molecular weight excluding hydrogens is 378 g/mol. The molecule has 1 heterocycles. The topological polar surface area (TPSA) is 54.0 Å². The van der Waals surface area contributed by atoms with Crippen molar-refractivity contribution in [3.05, 3.63) is 29.8 Å². The predicted octanol–water partition coefficient (Wildman–Crippen LogP) is 4.31. The van der Waals surface area contributed by atoms with Gasteiger partial charge in [-0.15, -0.1) is 0 Å². The third-order valence-electron chi connectivity index (χ3n) is 5.33. The average molecular weight is 420 g/mol. The van der Waals surface area contributed by atoms with Crippen LogP contribution in [0, 0.1) is 5.92 Å². The third-order valence-corrected chi connectivity index (χ3v) is 5.33. The number of alkyl carbamates (subject to hydrolysis) is 1. The van der Waals surface area contributed by atoms with Crippen molar-refractivity contribution < 1.29 is 14.3 Å². The fourth-order valence-corrected chi connectivity index (χ4v) is 3.58. The number of nitrogens with one attached hydrogen (secondary N) is 1. The van der Waals surface area contributed by atoms with Crippen molar-refractivity contribution in [2.24, 2.45) is 5.92 Å².